The number of nitrogen functional groups attached to an aromatic ring is 1. The number of nitrogens with two attached hydrogens (primary N) is 1. The molecule has 1 amide bonds. The van der Waals surface area contributed by atoms with E-state index in [-0.39, 0.29) is 12.5 Å². The molecule has 3 rings (SSSR count). The molecule has 0 radical (unpaired) electrons. The van der Waals surface area contributed by atoms with Crippen LogP contribution in [0.1, 0.15) is 0 Å². The van der Waals surface area contributed by atoms with Gasteiger partial charge in [0.1, 0.15) is 11.5 Å². The number of nitrogens with one attached hydrogen (secondary N) is 1. The second kappa shape index (κ2) is 5.01. The number of carbonyl (C=O) groups excluding carboxylic acids is 1. The molecule has 0 fully saturated rings. The largest absolute Gasteiger partial charge is 0.481 e. The summed E-state index contributed by atoms with van der Waals surface area (Å²) < 4.78 is 11.7. The van der Waals surface area contributed by atoms with Crippen molar-refractivity contribution in [1.82, 2.24) is 4.98 Å². The Kier molecular flexibility index (Phi) is 3.19. The summed E-state index contributed by atoms with van der Waals surface area (Å²) in [7, 11) is 0. The molecule has 0 aliphatic carbocycles. The summed E-state index contributed by atoms with van der Waals surface area (Å²) in [4.78, 5) is 15.3. The van der Waals surface area contributed by atoms with E-state index in [1.807, 2.05) is 0 Å². The van der Waals surface area contributed by atoms with E-state index in [0.717, 1.165) is 4.47 Å². The molecule has 0 atom stereocenters. The fraction of sp³-hybridized carbons (Fsp3) is 0.0769. The normalized spacial score (nSPS) is 13.2. The lowest BCUT2D eigenvalue weighted by molar-refractivity contribution is -0.118. The topological polar surface area (TPSA) is 86.5 Å². The number of rotatable bonds is 2. The van der Waals surface area contributed by atoms with E-state index < -0.39 is 0 Å². The molecule has 0 saturated heterocycles. The highest BCUT2D eigenvalue weighted by Crippen LogP contribution is 2.38. The Morgan fingerprint density at radius 3 is 3.00 bits per heavy atom. The van der Waals surface area contributed by atoms with Crippen molar-refractivity contribution in [2.45, 2.75) is 0 Å². The van der Waals surface area contributed by atoms with E-state index in [0.29, 0.717) is 28.6 Å². The zero-order valence-electron chi connectivity index (χ0n) is 10.2. The monoisotopic (exact) mass is 335 g/mol. The first-order valence-corrected chi connectivity index (χ1v) is 6.56. The maximum Gasteiger partial charge on any atom is 0.262 e. The number of hydrogen-bond acceptors (Lipinski definition) is 5. The number of ether oxygens (including phenoxy) is 2. The van der Waals surface area contributed by atoms with Gasteiger partial charge in [-0.2, -0.15) is 0 Å². The minimum Gasteiger partial charge on any atom is -0.481 e. The minimum absolute atomic E-state index is 0.0117. The highest BCUT2D eigenvalue weighted by Gasteiger charge is 2.18. The van der Waals surface area contributed by atoms with Crippen molar-refractivity contribution < 1.29 is 14.3 Å². The van der Waals surface area contributed by atoms with Crippen LogP contribution in [0.2, 0.25) is 0 Å². The second-order valence-corrected chi connectivity index (χ2v) is 5.08. The number of halogens is 1. The molecule has 1 aromatic carbocycles. The predicted octanol–water partition coefficient (Wildman–Crippen LogP) is 2.55. The van der Waals surface area contributed by atoms with Crippen LogP contribution in [0.3, 0.4) is 0 Å². The highest BCUT2D eigenvalue weighted by atomic mass is 79.9. The van der Waals surface area contributed by atoms with Crippen LogP contribution in [-0.2, 0) is 4.79 Å². The van der Waals surface area contributed by atoms with Crippen LogP contribution >= 0.6 is 15.9 Å². The van der Waals surface area contributed by atoms with E-state index in [1.165, 1.54) is 0 Å². The maximum absolute atomic E-state index is 11.3. The highest BCUT2D eigenvalue weighted by molar-refractivity contribution is 9.10. The van der Waals surface area contributed by atoms with E-state index in [4.69, 9.17) is 15.2 Å². The molecular formula is C13H10BrN3O3. The first-order valence-electron chi connectivity index (χ1n) is 5.76. The third-order valence-corrected chi connectivity index (χ3v) is 3.09. The van der Waals surface area contributed by atoms with Gasteiger partial charge in [0, 0.05) is 22.8 Å². The molecular weight excluding hydrogens is 326 g/mol. The Morgan fingerprint density at radius 2 is 2.20 bits per heavy atom. The number of pyridine rings is 1. The van der Waals surface area contributed by atoms with Gasteiger partial charge >= 0.3 is 0 Å². The van der Waals surface area contributed by atoms with Crippen molar-refractivity contribution >= 4 is 33.2 Å². The molecule has 7 heteroatoms. The van der Waals surface area contributed by atoms with Gasteiger partial charge in [-0.25, -0.2) is 0 Å². The number of anilines is 2. The van der Waals surface area contributed by atoms with Gasteiger partial charge in [0.05, 0.1) is 17.6 Å². The number of nitrogens with zero attached hydrogens (tertiary/aromatic N) is 1. The van der Waals surface area contributed by atoms with Crippen molar-refractivity contribution in [3.8, 4) is 17.2 Å². The van der Waals surface area contributed by atoms with Crippen molar-refractivity contribution in [3.05, 3.63) is 35.1 Å². The Bertz CT molecular complexity index is 691. The zero-order chi connectivity index (χ0) is 14.1. The Balaban J connectivity index is 1.94. The summed E-state index contributed by atoms with van der Waals surface area (Å²) in [6.07, 6.45) is 3.22. The Morgan fingerprint density at radius 1 is 1.35 bits per heavy atom. The van der Waals surface area contributed by atoms with E-state index in [9.17, 15) is 4.79 Å². The molecule has 3 N–H and O–H groups in total. The Labute approximate surface area is 123 Å². The average molecular weight is 336 g/mol. The van der Waals surface area contributed by atoms with Gasteiger partial charge in [-0.05, 0) is 22.0 Å². The van der Waals surface area contributed by atoms with Gasteiger partial charge in [-0.3, -0.25) is 9.78 Å². The summed E-state index contributed by atoms with van der Waals surface area (Å²) in [5.41, 5.74) is 6.87. The van der Waals surface area contributed by atoms with Gasteiger partial charge in [0.25, 0.3) is 5.91 Å². The van der Waals surface area contributed by atoms with Crippen LogP contribution in [0, 0.1) is 0 Å². The first kappa shape index (κ1) is 12.7. The third kappa shape index (κ3) is 2.53. The minimum atomic E-state index is -0.211. The predicted molar refractivity (Wildman–Crippen MR) is 77.0 cm³/mol. The summed E-state index contributed by atoms with van der Waals surface area (Å²) in [6, 6.07) is 5.01. The van der Waals surface area contributed by atoms with E-state index >= 15 is 0 Å². The number of fused-ring (bicyclic) bond motifs is 1. The molecule has 0 spiro atoms. The third-order valence-electron chi connectivity index (χ3n) is 2.65. The van der Waals surface area contributed by atoms with Gasteiger partial charge in [-0.1, -0.05) is 0 Å². The number of aromatic nitrogens is 1. The smallest absolute Gasteiger partial charge is 0.262 e. The van der Waals surface area contributed by atoms with Gasteiger partial charge in [0.2, 0.25) is 0 Å². The van der Waals surface area contributed by atoms with Gasteiger partial charge in [0.15, 0.2) is 12.4 Å². The molecule has 20 heavy (non-hydrogen) atoms. The van der Waals surface area contributed by atoms with Crippen molar-refractivity contribution in [2.75, 3.05) is 17.7 Å². The van der Waals surface area contributed by atoms with Crippen molar-refractivity contribution in [2.24, 2.45) is 0 Å². The van der Waals surface area contributed by atoms with Crippen LogP contribution in [0.15, 0.2) is 35.1 Å². The Hall–Kier alpha value is -2.28. The first-order chi connectivity index (χ1) is 9.61. The lowest BCUT2D eigenvalue weighted by atomic mass is 10.2. The summed E-state index contributed by atoms with van der Waals surface area (Å²) >= 11 is 3.31. The van der Waals surface area contributed by atoms with Crippen molar-refractivity contribution in [1.29, 1.82) is 0 Å². The lowest BCUT2D eigenvalue weighted by Gasteiger charge is -2.19. The van der Waals surface area contributed by atoms with Crippen molar-refractivity contribution in [3.63, 3.8) is 0 Å². The molecule has 6 nitrogen and oxygen atoms in total. The SMILES string of the molecule is Nc1cc2c(cc1Oc1cncc(Br)c1)NC(=O)CO2. The van der Waals surface area contributed by atoms with Gasteiger partial charge < -0.3 is 20.5 Å². The average Bonchev–Trinajstić information content (AvgIpc) is 2.40. The summed E-state index contributed by atoms with van der Waals surface area (Å²) in [5, 5.41) is 2.70. The van der Waals surface area contributed by atoms with E-state index in [2.05, 4.69) is 26.2 Å². The van der Waals surface area contributed by atoms with Crippen LogP contribution < -0.4 is 20.5 Å². The fourth-order valence-corrected chi connectivity index (χ4v) is 2.13. The van der Waals surface area contributed by atoms with Crippen LogP contribution in [0.5, 0.6) is 17.2 Å². The van der Waals surface area contributed by atoms with Crippen LogP contribution in [-0.4, -0.2) is 17.5 Å². The molecule has 1 aliphatic heterocycles. The zero-order valence-corrected chi connectivity index (χ0v) is 11.8. The second-order valence-electron chi connectivity index (χ2n) is 4.16. The molecule has 1 aliphatic rings. The van der Waals surface area contributed by atoms with E-state index in [1.54, 1.807) is 30.6 Å². The fourth-order valence-electron chi connectivity index (χ4n) is 1.79. The van der Waals surface area contributed by atoms with Crippen LogP contribution in [0.25, 0.3) is 0 Å². The molecule has 2 aromatic rings. The van der Waals surface area contributed by atoms with Gasteiger partial charge in [-0.15, -0.1) is 0 Å². The maximum atomic E-state index is 11.3. The molecule has 2 heterocycles. The number of benzene rings is 1. The molecule has 102 valence electrons. The quantitative estimate of drug-likeness (QED) is 0.823. The number of amides is 1. The summed E-state index contributed by atoms with van der Waals surface area (Å²) in [5.74, 6) is 1.28. The molecule has 0 saturated carbocycles. The number of hydrogen-bond donors (Lipinski definition) is 2. The molecule has 0 unspecified atom stereocenters. The van der Waals surface area contributed by atoms with Crippen LogP contribution in [0.4, 0.5) is 11.4 Å². The lowest BCUT2D eigenvalue weighted by Crippen LogP contribution is -2.25. The molecule has 0 bridgehead atoms. The summed E-state index contributed by atoms with van der Waals surface area (Å²) in [6.45, 7) is -0.0117. The standard InChI is InChI=1S/C13H10BrN3O3/c14-7-1-8(5-16-4-7)20-11-3-10-12(2-9(11)15)19-6-13(18)17-10/h1-5H,6,15H2,(H,17,18). The molecule has 1 aromatic heterocycles. The number of carbonyl (C=O) groups is 1.